The quantitative estimate of drug-likeness (QED) is 0.400. The maximum Gasteiger partial charge on any atom is 0.338 e. The van der Waals surface area contributed by atoms with Crippen molar-refractivity contribution in [1.29, 1.82) is 0 Å². The third-order valence-electron chi connectivity index (χ3n) is 3.52. The van der Waals surface area contributed by atoms with Crippen LogP contribution in [-0.4, -0.2) is 24.8 Å². The summed E-state index contributed by atoms with van der Waals surface area (Å²) in [5.74, 6) is -0.258. The molecule has 0 bridgehead atoms. The maximum atomic E-state index is 11.3. The molecule has 1 fully saturated rings. The minimum Gasteiger partial charge on any atom is -0.467 e. The van der Waals surface area contributed by atoms with E-state index in [1.54, 1.807) is 0 Å². The number of rotatable bonds is 7. The summed E-state index contributed by atoms with van der Waals surface area (Å²) in [6.07, 6.45) is 8.16. The number of hydrogen-bond acceptors (Lipinski definition) is 3. The smallest absolute Gasteiger partial charge is 0.338 e. The summed E-state index contributed by atoms with van der Waals surface area (Å²) in [7, 11) is 1.40. The largest absolute Gasteiger partial charge is 0.467 e. The minimum absolute atomic E-state index is 0.258. The Morgan fingerprint density at radius 2 is 1.95 bits per heavy atom. The summed E-state index contributed by atoms with van der Waals surface area (Å²) in [5.41, 5.74) is 2.45. The first-order valence-corrected chi connectivity index (χ1v) is 6.93. The fourth-order valence-corrected chi connectivity index (χ4v) is 2.13. The van der Waals surface area contributed by atoms with Crippen LogP contribution in [0.2, 0.25) is 0 Å². The summed E-state index contributed by atoms with van der Waals surface area (Å²) < 4.78 is 10.1. The molecular formula is C16H26O3. The molecule has 0 unspecified atom stereocenters. The number of esters is 1. The van der Waals surface area contributed by atoms with Crippen molar-refractivity contribution in [3.8, 4) is 0 Å². The lowest BCUT2D eigenvalue weighted by Gasteiger charge is -2.04. The van der Waals surface area contributed by atoms with E-state index in [9.17, 15) is 4.79 Å². The second-order valence-corrected chi connectivity index (χ2v) is 5.74. The zero-order valence-corrected chi connectivity index (χ0v) is 12.8. The average Bonchev–Trinajstić information content (AvgIpc) is 3.00. The lowest BCUT2D eigenvalue weighted by Crippen LogP contribution is -2.18. The van der Waals surface area contributed by atoms with Crippen molar-refractivity contribution in [2.45, 2.75) is 65.1 Å². The van der Waals surface area contributed by atoms with Crippen molar-refractivity contribution in [3.63, 3.8) is 0 Å². The molecule has 0 saturated carbocycles. The Labute approximate surface area is 116 Å². The van der Waals surface area contributed by atoms with Crippen LogP contribution >= 0.6 is 0 Å². The molecule has 1 saturated heterocycles. The second-order valence-electron chi connectivity index (χ2n) is 5.74. The van der Waals surface area contributed by atoms with Gasteiger partial charge in [0.2, 0.25) is 0 Å². The molecule has 0 amide bonds. The second kappa shape index (κ2) is 6.90. The van der Waals surface area contributed by atoms with Gasteiger partial charge in [-0.2, -0.15) is 0 Å². The summed E-state index contributed by atoms with van der Waals surface area (Å²) in [6, 6.07) is 0. The zero-order valence-electron chi connectivity index (χ0n) is 12.8. The zero-order chi connectivity index (χ0) is 14.5. The molecule has 2 atom stereocenters. The molecule has 3 nitrogen and oxygen atoms in total. The third kappa shape index (κ3) is 5.19. The van der Waals surface area contributed by atoms with Gasteiger partial charge in [0.05, 0.1) is 7.11 Å². The number of allylic oxidation sites excluding steroid dienone is 4. The van der Waals surface area contributed by atoms with Gasteiger partial charge in [0, 0.05) is 0 Å². The van der Waals surface area contributed by atoms with Crippen LogP contribution in [0.25, 0.3) is 0 Å². The summed E-state index contributed by atoms with van der Waals surface area (Å²) in [4.78, 5) is 11.3. The van der Waals surface area contributed by atoms with E-state index in [4.69, 9.17) is 4.74 Å². The lowest BCUT2D eigenvalue weighted by molar-refractivity contribution is -0.142. The van der Waals surface area contributed by atoms with Crippen LogP contribution in [0.3, 0.4) is 0 Å². The van der Waals surface area contributed by atoms with Crippen LogP contribution in [0, 0.1) is 0 Å². The maximum absolute atomic E-state index is 11.3. The molecule has 1 aliphatic heterocycles. The molecule has 0 aromatic rings. The molecule has 0 aliphatic carbocycles. The van der Waals surface area contributed by atoms with Crippen LogP contribution < -0.4 is 0 Å². The molecule has 3 heteroatoms. The Balaban J connectivity index is 2.27. The minimum atomic E-state index is -0.364. The summed E-state index contributed by atoms with van der Waals surface area (Å²) in [5, 5.41) is 0. The van der Waals surface area contributed by atoms with Gasteiger partial charge in [-0.3, -0.25) is 0 Å². The number of epoxide rings is 1. The van der Waals surface area contributed by atoms with Gasteiger partial charge in [0.15, 0.2) is 6.10 Å². The first-order chi connectivity index (χ1) is 8.89. The topological polar surface area (TPSA) is 38.8 Å². The Morgan fingerprint density at radius 3 is 2.53 bits per heavy atom. The van der Waals surface area contributed by atoms with E-state index in [2.05, 4.69) is 37.7 Å². The summed E-state index contributed by atoms with van der Waals surface area (Å²) in [6.45, 7) is 8.38. The van der Waals surface area contributed by atoms with Crippen LogP contribution in [-0.2, 0) is 14.3 Å². The highest BCUT2D eigenvalue weighted by Crippen LogP contribution is 2.41. The van der Waals surface area contributed by atoms with E-state index in [1.807, 2.05) is 6.92 Å². The number of carbonyl (C=O) groups excluding carboxylic acids is 1. The van der Waals surface area contributed by atoms with Crippen LogP contribution in [0.4, 0.5) is 0 Å². The standard InChI is InChI=1S/C16H26O3/c1-12(2)8-6-9-13(3)10-7-11-16(4)14(19-16)15(17)18-5/h8,10,14H,6-7,9,11H2,1-5H3/b13-10+/t14-,16-/m0/s1. The average molecular weight is 266 g/mol. The fraction of sp³-hybridized carbons (Fsp3) is 0.688. The lowest BCUT2D eigenvalue weighted by atomic mass is 10.00. The van der Waals surface area contributed by atoms with Crippen molar-refractivity contribution in [2.75, 3.05) is 7.11 Å². The normalized spacial score (nSPS) is 25.9. The number of methoxy groups -OCH3 is 1. The van der Waals surface area contributed by atoms with Crippen molar-refractivity contribution in [2.24, 2.45) is 0 Å². The molecule has 1 aliphatic rings. The number of ether oxygens (including phenoxy) is 2. The number of carbonyl (C=O) groups is 1. The van der Waals surface area contributed by atoms with Crippen molar-refractivity contribution in [3.05, 3.63) is 23.3 Å². The Bertz CT molecular complexity index is 377. The molecule has 108 valence electrons. The predicted octanol–water partition coefficient (Wildman–Crippen LogP) is 3.79. The highest BCUT2D eigenvalue weighted by molar-refractivity contribution is 5.79. The van der Waals surface area contributed by atoms with Gasteiger partial charge in [0.25, 0.3) is 0 Å². The molecule has 0 radical (unpaired) electrons. The van der Waals surface area contributed by atoms with Gasteiger partial charge in [0.1, 0.15) is 5.60 Å². The Morgan fingerprint density at radius 1 is 1.26 bits per heavy atom. The van der Waals surface area contributed by atoms with Gasteiger partial charge in [-0.1, -0.05) is 23.3 Å². The van der Waals surface area contributed by atoms with Gasteiger partial charge in [-0.15, -0.1) is 0 Å². The molecule has 0 aromatic heterocycles. The van der Waals surface area contributed by atoms with E-state index in [0.29, 0.717) is 0 Å². The highest BCUT2D eigenvalue weighted by atomic mass is 16.6. The van der Waals surface area contributed by atoms with E-state index in [-0.39, 0.29) is 17.7 Å². The highest BCUT2D eigenvalue weighted by Gasteiger charge is 2.57. The summed E-state index contributed by atoms with van der Waals surface area (Å²) >= 11 is 0. The predicted molar refractivity (Wildman–Crippen MR) is 77.0 cm³/mol. The number of hydrogen-bond donors (Lipinski definition) is 0. The van der Waals surface area contributed by atoms with Crippen molar-refractivity contribution >= 4 is 5.97 Å². The Hall–Kier alpha value is -1.09. The fourth-order valence-electron chi connectivity index (χ4n) is 2.13. The van der Waals surface area contributed by atoms with Crippen molar-refractivity contribution in [1.82, 2.24) is 0 Å². The van der Waals surface area contributed by atoms with Gasteiger partial charge in [-0.25, -0.2) is 4.79 Å². The van der Waals surface area contributed by atoms with Crippen LogP contribution in [0.5, 0.6) is 0 Å². The SMILES string of the molecule is COC(=O)[C@@H]1O[C@@]1(C)CC/C=C(\C)CCC=C(C)C. The van der Waals surface area contributed by atoms with E-state index >= 15 is 0 Å². The first kappa shape index (κ1) is 16.0. The molecule has 0 aromatic carbocycles. The molecule has 1 heterocycles. The van der Waals surface area contributed by atoms with Gasteiger partial charge in [-0.05, 0) is 53.4 Å². The molecule has 1 rings (SSSR count). The monoisotopic (exact) mass is 266 g/mol. The molecular weight excluding hydrogens is 240 g/mol. The van der Waals surface area contributed by atoms with E-state index < -0.39 is 0 Å². The van der Waals surface area contributed by atoms with Crippen LogP contribution in [0.15, 0.2) is 23.3 Å². The van der Waals surface area contributed by atoms with Gasteiger partial charge >= 0.3 is 5.97 Å². The Kier molecular flexibility index (Phi) is 5.80. The molecule has 19 heavy (non-hydrogen) atoms. The molecule has 0 N–H and O–H groups in total. The molecule has 0 spiro atoms. The van der Waals surface area contributed by atoms with E-state index in [1.165, 1.54) is 18.3 Å². The van der Waals surface area contributed by atoms with Gasteiger partial charge < -0.3 is 9.47 Å². The van der Waals surface area contributed by atoms with E-state index in [0.717, 1.165) is 25.7 Å². The first-order valence-electron chi connectivity index (χ1n) is 6.93. The van der Waals surface area contributed by atoms with Crippen LogP contribution in [0.1, 0.15) is 53.4 Å². The third-order valence-corrected chi connectivity index (χ3v) is 3.52. The van der Waals surface area contributed by atoms with Crippen molar-refractivity contribution < 1.29 is 14.3 Å².